The lowest BCUT2D eigenvalue weighted by atomic mass is 9.97. The Kier molecular flexibility index (Phi) is 17.9. The van der Waals surface area contributed by atoms with Crippen LogP contribution >= 0.6 is 0 Å². The van der Waals surface area contributed by atoms with Gasteiger partial charge in [-0.1, -0.05) is 103 Å². The van der Waals surface area contributed by atoms with Crippen molar-refractivity contribution in [1.29, 1.82) is 0 Å². The number of carbonyl (C=O) groups is 3. The van der Waals surface area contributed by atoms with Crippen molar-refractivity contribution in [2.75, 3.05) is 33.0 Å². The normalized spacial score (nSPS) is 25.5. The van der Waals surface area contributed by atoms with Gasteiger partial charge in [0.2, 0.25) is 0 Å². The first-order valence-electron chi connectivity index (χ1n) is 20.5. The summed E-state index contributed by atoms with van der Waals surface area (Å²) in [6.07, 6.45) is -7.94. The summed E-state index contributed by atoms with van der Waals surface area (Å²) >= 11 is 0. The smallest absolute Gasteiger partial charge is 0.338 e. The lowest BCUT2D eigenvalue weighted by molar-refractivity contribution is -0.336. The Bertz CT molecular complexity index is 2050. The number of esters is 3. The second-order valence-electron chi connectivity index (χ2n) is 14.4. The zero-order valence-corrected chi connectivity index (χ0v) is 34.7. The van der Waals surface area contributed by atoms with Gasteiger partial charge in [0, 0.05) is 0 Å². The van der Waals surface area contributed by atoms with E-state index >= 15 is 0 Å². The summed E-state index contributed by atoms with van der Waals surface area (Å²) in [5.41, 5.74) is 1.39. The van der Waals surface area contributed by atoms with Crippen LogP contribution in [0.25, 0.3) is 0 Å². The fourth-order valence-electron chi connectivity index (χ4n) is 7.04. The average molecular weight is 865 g/mol. The molecule has 2 aliphatic heterocycles. The molecule has 0 unspecified atom stereocenters. The molecular formula is C49H52O14. The Balaban J connectivity index is 1.33. The molecule has 2 aliphatic rings. The second kappa shape index (κ2) is 24.1. The first-order chi connectivity index (χ1) is 30.8. The van der Waals surface area contributed by atoms with E-state index in [9.17, 15) is 19.5 Å². The van der Waals surface area contributed by atoms with Crippen molar-refractivity contribution < 1.29 is 66.9 Å². The van der Waals surface area contributed by atoms with Gasteiger partial charge >= 0.3 is 17.9 Å². The minimum Gasteiger partial charge on any atom is -0.452 e. The molecule has 2 saturated heterocycles. The maximum absolute atomic E-state index is 13.8. The molecular weight excluding hydrogens is 813 g/mol. The number of carbonyl (C=O) groups excluding carboxylic acids is 3. The van der Waals surface area contributed by atoms with Gasteiger partial charge in [0.1, 0.15) is 30.5 Å². The average Bonchev–Trinajstić information content (AvgIpc) is 3.32. The molecule has 2 fully saturated rings. The van der Waals surface area contributed by atoms with E-state index in [1.165, 1.54) is 36.4 Å². The second-order valence-corrected chi connectivity index (χ2v) is 14.4. The number of hydrogen-bond donors (Lipinski definition) is 1. The van der Waals surface area contributed by atoms with Gasteiger partial charge in [0.05, 0.1) is 56.3 Å². The van der Waals surface area contributed by atoms with Crippen molar-refractivity contribution in [1.82, 2.24) is 0 Å². The molecule has 4 aromatic rings. The molecule has 0 amide bonds. The standard InChI is InChI=1S/C49H52O14/c1-4-27-55-39-37(31-54-30-33-19-11-7-12-20-33)60-49(44(57-29-6-3)41(39)56-28-5-2)58-32-38-40(61-45(50)34-21-13-8-14-22-34)42(62-46(51)35-23-15-9-16-24-35)43(48(53)59-38)63-47(52)36-25-17-10-18-26-36/h4-26,37-44,48-49,53H,1-3,27-32H2/t37-,38-,39-,40-,41+,42+,43-,44-,48+,49-/m1/s1. The summed E-state index contributed by atoms with van der Waals surface area (Å²) in [6, 6.07) is 33.8. The molecule has 0 saturated carbocycles. The lowest BCUT2D eigenvalue weighted by Crippen LogP contribution is -2.64. The van der Waals surface area contributed by atoms with Gasteiger partial charge in [-0.25, -0.2) is 14.4 Å². The van der Waals surface area contributed by atoms with Crippen LogP contribution in [0.3, 0.4) is 0 Å². The van der Waals surface area contributed by atoms with Crippen molar-refractivity contribution in [3.63, 3.8) is 0 Å². The topological polar surface area (TPSA) is 164 Å². The Morgan fingerprint density at radius 1 is 0.492 bits per heavy atom. The van der Waals surface area contributed by atoms with E-state index in [0.717, 1.165) is 5.56 Å². The van der Waals surface area contributed by atoms with E-state index in [4.69, 9.17) is 47.4 Å². The highest BCUT2D eigenvalue weighted by Gasteiger charge is 2.54. The van der Waals surface area contributed by atoms with Gasteiger partial charge in [0.25, 0.3) is 0 Å². The molecule has 10 atom stereocenters. The molecule has 14 heteroatoms. The Labute approximate surface area is 366 Å². The van der Waals surface area contributed by atoms with Crippen molar-refractivity contribution >= 4 is 17.9 Å². The van der Waals surface area contributed by atoms with E-state index < -0.39 is 85.9 Å². The van der Waals surface area contributed by atoms with Gasteiger partial charge in [-0.05, 0) is 42.0 Å². The van der Waals surface area contributed by atoms with Crippen molar-refractivity contribution in [2.45, 2.75) is 68.0 Å². The van der Waals surface area contributed by atoms with E-state index in [0.29, 0.717) is 0 Å². The van der Waals surface area contributed by atoms with Crippen molar-refractivity contribution in [2.24, 2.45) is 0 Å². The summed E-state index contributed by atoms with van der Waals surface area (Å²) in [7, 11) is 0. The number of aliphatic hydroxyl groups excluding tert-OH is 1. The number of hydrogen-bond acceptors (Lipinski definition) is 14. The molecule has 63 heavy (non-hydrogen) atoms. The summed E-state index contributed by atoms with van der Waals surface area (Å²) in [5, 5.41) is 11.6. The quantitative estimate of drug-likeness (QED) is 0.0552. The third-order valence-electron chi connectivity index (χ3n) is 10.00. The zero-order chi connectivity index (χ0) is 44.4. The van der Waals surface area contributed by atoms with E-state index in [1.807, 2.05) is 30.3 Å². The van der Waals surface area contributed by atoms with Crippen LogP contribution in [0.5, 0.6) is 0 Å². The maximum Gasteiger partial charge on any atom is 0.338 e. The zero-order valence-electron chi connectivity index (χ0n) is 34.7. The molecule has 0 aliphatic carbocycles. The molecule has 4 aromatic carbocycles. The minimum absolute atomic E-state index is 0.0423. The molecule has 0 bridgehead atoms. The largest absolute Gasteiger partial charge is 0.452 e. The SMILES string of the molecule is C=CCO[C@@H]1[C@@H](OCC=C)[C@H](OC[C@H]2O[C@H](O)[C@H](OC(=O)c3ccccc3)[C@@H](OC(=O)c3ccccc3)[C@@H]2OC(=O)c2ccccc2)O[C@H](COCc2ccccc2)[C@H]1OCC=C. The van der Waals surface area contributed by atoms with E-state index in [1.54, 1.807) is 72.8 Å². The fourth-order valence-corrected chi connectivity index (χ4v) is 7.04. The third kappa shape index (κ3) is 12.9. The highest BCUT2D eigenvalue weighted by molar-refractivity contribution is 5.91. The number of aliphatic hydroxyl groups is 1. The van der Waals surface area contributed by atoms with Gasteiger partial charge in [-0.2, -0.15) is 0 Å². The van der Waals surface area contributed by atoms with Gasteiger partial charge in [-0.15, -0.1) is 19.7 Å². The molecule has 0 radical (unpaired) electrons. The minimum atomic E-state index is -1.91. The summed E-state index contributed by atoms with van der Waals surface area (Å²) < 4.78 is 62.0. The highest BCUT2D eigenvalue weighted by atomic mass is 16.7. The summed E-state index contributed by atoms with van der Waals surface area (Å²) in [5.74, 6) is -2.53. The molecule has 2 heterocycles. The van der Waals surface area contributed by atoms with Crippen LogP contribution in [0, 0.1) is 0 Å². The molecule has 0 spiro atoms. The number of ether oxygens (including phenoxy) is 10. The van der Waals surface area contributed by atoms with Crippen molar-refractivity contribution in [3.8, 4) is 0 Å². The lowest BCUT2D eigenvalue weighted by Gasteiger charge is -2.47. The van der Waals surface area contributed by atoms with Gasteiger partial charge in [0.15, 0.2) is 30.9 Å². The molecule has 0 aromatic heterocycles. The first-order valence-corrected chi connectivity index (χ1v) is 20.5. The number of benzene rings is 4. The van der Waals surface area contributed by atoms with Crippen LogP contribution in [0.4, 0.5) is 0 Å². The van der Waals surface area contributed by atoms with Gasteiger partial charge in [-0.3, -0.25) is 0 Å². The maximum atomic E-state index is 13.8. The molecule has 14 nitrogen and oxygen atoms in total. The van der Waals surface area contributed by atoms with Crippen molar-refractivity contribution in [3.05, 3.63) is 182 Å². The molecule has 1 N–H and O–H groups in total. The van der Waals surface area contributed by atoms with Crippen LogP contribution in [-0.4, -0.2) is 117 Å². The van der Waals surface area contributed by atoms with Crippen LogP contribution < -0.4 is 0 Å². The predicted molar refractivity (Wildman–Crippen MR) is 228 cm³/mol. The fraction of sp³-hybridized carbons (Fsp3) is 0.327. The van der Waals surface area contributed by atoms with Crippen LogP contribution in [0.15, 0.2) is 159 Å². The van der Waals surface area contributed by atoms with E-state index in [2.05, 4.69) is 19.7 Å². The summed E-state index contributed by atoms with van der Waals surface area (Å²) in [6.45, 7) is 11.6. The Morgan fingerprint density at radius 3 is 1.43 bits per heavy atom. The van der Waals surface area contributed by atoms with Crippen LogP contribution in [-0.2, 0) is 54.0 Å². The predicted octanol–water partition coefficient (Wildman–Crippen LogP) is 6.05. The molecule has 6 rings (SSSR count). The third-order valence-corrected chi connectivity index (χ3v) is 10.00. The highest BCUT2D eigenvalue weighted by Crippen LogP contribution is 2.33. The molecule has 332 valence electrons. The number of rotatable bonds is 22. The van der Waals surface area contributed by atoms with Crippen LogP contribution in [0.2, 0.25) is 0 Å². The Hall–Kier alpha value is -5.81. The van der Waals surface area contributed by atoms with Crippen LogP contribution in [0.1, 0.15) is 36.6 Å². The summed E-state index contributed by atoms with van der Waals surface area (Å²) in [4.78, 5) is 41.1. The van der Waals surface area contributed by atoms with Gasteiger partial charge < -0.3 is 52.5 Å². The first kappa shape index (κ1) is 46.7. The monoisotopic (exact) mass is 864 g/mol. The Morgan fingerprint density at radius 2 is 0.921 bits per heavy atom. The van der Waals surface area contributed by atoms with E-state index in [-0.39, 0.29) is 49.7 Å².